The Morgan fingerprint density at radius 2 is 1.18 bits per heavy atom. The Bertz CT molecular complexity index is 1740. The third kappa shape index (κ3) is 13.5. The fourth-order valence-electron chi connectivity index (χ4n) is 5.89. The number of nitriles is 2. The maximum Gasteiger partial charge on any atom is 0.412 e. The van der Waals surface area contributed by atoms with Crippen LogP contribution in [0.4, 0.5) is 47.6 Å². The van der Waals surface area contributed by atoms with Gasteiger partial charge in [-0.15, -0.1) is 0 Å². The van der Waals surface area contributed by atoms with E-state index in [1.807, 2.05) is 12.1 Å². The molecule has 0 saturated carbocycles. The van der Waals surface area contributed by atoms with Crippen LogP contribution in [0.5, 0.6) is 0 Å². The topological polar surface area (TPSA) is 267 Å². The molecule has 55 heavy (non-hydrogen) atoms. The number of nitrogen functional groups attached to an aromatic ring is 1. The Kier molecular flexibility index (Phi) is 16.1. The van der Waals surface area contributed by atoms with Crippen LogP contribution in [0.3, 0.4) is 0 Å². The Morgan fingerprint density at radius 1 is 0.800 bits per heavy atom. The number of alkyl halides is 6. The molecule has 0 aliphatic carbocycles. The van der Waals surface area contributed by atoms with E-state index in [0.29, 0.717) is 12.8 Å². The SMILES string of the molecule is COC(=O)Cl.COC(=O)Nc1nn(C2(CC#N)CCN(CC(F)(F)F)CC2)cc1C(N)=O.N#CCC1(n2cc(C(N)=O)c(N)n2)CCN(CC(F)(F)F)CC1. The van der Waals surface area contributed by atoms with Gasteiger partial charge in [-0.05, 0) is 25.7 Å². The summed E-state index contributed by atoms with van der Waals surface area (Å²) in [6.45, 7) is -1.46. The summed E-state index contributed by atoms with van der Waals surface area (Å²) in [4.78, 5) is 46.2. The van der Waals surface area contributed by atoms with Gasteiger partial charge in [-0.1, -0.05) is 0 Å². The van der Waals surface area contributed by atoms with Crippen LogP contribution in [-0.4, -0.2) is 119 Å². The fourth-order valence-corrected chi connectivity index (χ4v) is 5.89. The van der Waals surface area contributed by atoms with Gasteiger partial charge in [0.05, 0.1) is 63.4 Å². The molecule has 0 spiro atoms. The van der Waals surface area contributed by atoms with Crippen LogP contribution in [0.2, 0.25) is 0 Å². The molecule has 0 aromatic carbocycles. The Hall–Kier alpha value is -5.33. The lowest BCUT2D eigenvalue weighted by Gasteiger charge is -2.40. The van der Waals surface area contributed by atoms with Crippen LogP contribution in [0.15, 0.2) is 12.4 Å². The zero-order valence-electron chi connectivity index (χ0n) is 29.5. The van der Waals surface area contributed by atoms with E-state index in [1.165, 1.54) is 38.7 Å². The average molecular weight is 813 g/mol. The van der Waals surface area contributed by atoms with E-state index in [1.54, 1.807) is 0 Å². The van der Waals surface area contributed by atoms with Crippen molar-refractivity contribution in [1.82, 2.24) is 29.4 Å². The van der Waals surface area contributed by atoms with Gasteiger partial charge < -0.3 is 26.7 Å². The number of aromatic nitrogens is 4. The van der Waals surface area contributed by atoms with Crippen molar-refractivity contribution < 1.29 is 55.0 Å². The highest BCUT2D eigenvalue weighted by molar-refractivity contribution is 6.61. The van der Waals surface area contributed by atoms with Crippen molar-refractivity contribution in [2.45, 2.75) is 62.0 Å². The lowest BCUT2D eigenvalue weighted by Crippen LogP contribution is -2.48. The van der Waals surface area contributed by atoms with E-state index in [-0.39, 0.29) is 74.6 Å². The van der Waals surface area contributed by atoms with Crippen LogP contribution < -0.4 is 22.5 Å². The zero-order chi connectivity index (χ0) is 41.8. The molecule has 2 aliphatic heterocycles. The van der Waals surface area contributed by atoms with E-state index in [0.717, 1.165) is 7.11 Å². The number of hydrogen-bond donors (Lipinski definition) is 4. The second-order valence-electron chi connectivity index (χ2n) is 12.4. The number of likely N-dealkylation sites (tertiary alicyclic amines) is 2. The number of nitrogens with zero attached hydrogens (tertiary/aromatic N) is 8. The van der Waals surface area contributed by atoms with Crippen LogP contribution >= 0.6 is 11.6 Å². The first kappa shape index (κ1) is 45.8. The first-order chi connectivity index (χ1) is 25.5. The maximum absolute atomic E-state index is 12.6. The molecule has 2 aromatic rings. The van der Waals surface area contributed by atoms with Gasteiger partial charge >= 0.3 is 23.9 Å². The number of ether oxygens (including phenoxy) is 2. The van der Waals surface area contributed by atoms with Gasteiger partial charge in [-0.2, -0.15) is 47.1 Å². The number of hydrogen-bond acceptors (Lipinski definition) is 13. The van der Waals surface area contributed by atoms with Crippen molar-refractivity contribution in [3.8, 4) is 12.1 Å². The Morgan fingerprint density at radius 3 is 1.49 bits per heavy atom. The smallest absolute Gasteiger partial charge is 0.412 e. The second kappa shape index (κ2) is 19.3. The van der Waals surface area contributed by atoms with Crippen molar-refractivity contribution in [3.63, 3.8) is 0 Å². The zero-order valence-corrected chi connectivity index (χ0v) is 30.3. The molecule has 0 radical (unpaired) electrons. The molecule has 2 saturated heterocycles. The molecule has 7 N–H and O–H groups in total. The molecular formula is C30H39ClF6N12O6. The number of rotatable bonds is 9. The van der Waals surface area contributed by atoms with Crippen molar-refractivity contribution >= 4 is 46.6 Å². The predicted octanol–water partition coefficient (Wildman–Crippen LogP) is 3.25. The molecule has 3 amide bonds. The van der Waals surface area contributed by atoms with E-state index < -0.39 is 59.9 Å². The first-order valence-electron chi connectivity index (χ1n) is 16.0. The number of amides is 3. The summed E-state index contributed by atoms with van der Waals surface area (Å²) < 4.78 is 86.3. The summed E-state index contributed by atoms with van der Waals surface area (Å²) in [7, 11) is 2.35. The van der Waals surface area contributed by atoms with Crippen LogP contribution in [0, 0.1) is 22.7 Å². The van der Waals surface area contributed by atoms with E-state index in [2.05, 4.69) is 36.6 Å². The second-order valence-corrected chi connectivity index (χ2v) is 12.7. The highest BCUT2D eigenvalue weighted by atomic mass is 35.5. The third-order valence-corrected chi connectivity index (χ3v) is 8.88. The highest BCUT2D eigenvalue weighted by Crippen LogP contribution is 2.36. The van der Waals surface area contributed by atoms with Crippen molar-refractivity contribution in [2.75, 3.05) is 64.5 Å². The summed E-state index contributed by atoms with van der Waals surface area (Å²) in [5, 5.41) is 28.7. The van der Waals surface area contributed by atoms with Gasteiger partial charge in [0.1, 0.15) is 11.1 Å². The molecule has 2 aliphatic rings. The summed E-state index contributed by atoms with van der Waals surface area (Å²) >= 11 is 4.60. The van der Waals surface area contributed by atoms with Gasteiger partial charge in [-0.3, -0.25) is 34.1 Å². The van der Waals surface area contributed by atoms with E-state index in [4.69, 9.17) is 22.5 Å². The third-order valence-electron chi connectivity index (χ3n) is 8.72. The van der Waals surface area contributed by atoms with Crippen molar-refractivity contribution in [3.05, 3.63) is 23.5 Å². The number of carbonyl (C=O) groups is 4. The summed E-state index contributed by atoms with van der Waals surface area (Å²) in [5.74, 6) is -1.78. The first-order valence-corrected chi connectivity index (χ1v) is 16.4. The minimum atomic E-state index is -4.31. The molecule has 2 fully saturated rings. The van der Waals surface area contributed by atoms with Crippen molar-refractivity contribution in [1.29, 1.82) is 10.5 Å². The molecule has 4 heterocycles. The number of nitrogens with one attached hydrogen (secondary N) is 1. The normalized spacial score (nSPS) is 16.8. The summed E-state index contributed by atoms with van der Waals surface area (Å²) in [6.07, 6.45) is -5.69. The van der Waals surface area contributed by atoms with Crippen molar-refractivity contribution in [2.24, 2.45) is 11.5 Å². The highest BCUT2D eigenvalue weighted by Gasteiger charge is 2.42. The number of methoxy groups -OCH3 is 2. The number of piperidine rings is 2. The van der Waals surface area contributed by atoms with Gasteiger partial charge in [0.25, 0.3) is 11.8 Å². The van der Waals surface area contributed by atoms with Gasteiger partial charge in [0, 0.05) is 50.2 Å². The molecule has 304 valence electrons. The van der Waals surface area contributed by atoms with Gasteiger partial charge in [-0.25, -0.2) is 9.59 Å². The summed E-state index contributed by atoms with van der Waals surface area (Å²) in [5.41, 5.74) is 13.6. The Labute approximate surface area is 315 Å². The predicted molar refractivity (Wildman–Crippen MR) is 180 cm³/mol. The molecule has 0 atom stereocenters. The number of primary amides is 2. The van der Waals surface area contributed by atoms with Gasteiger partial charge in [0.15, 0.2) is 11.6 Å². The molecular weight excluding hydrogens is 774 g/mol. The van der Waals surface area contributed by atoms with Gasteiger partial charge in [0.2, 0.25) is 0 Å². The number of nitrogens with two attached hydrogens (primary N) is 3. The number of anilines is 2. The van der Waals surface area contributed by atoms with Crippen LogP contribution in [0.25, 0.3) is 0 Å². The minimum Gasteiger partial charge on any atom is -0.457 e. The standard InChI is InChI=1S/C15H19F3N6O3.C13H17F3N6O.C2H3ClO2/c1-27-13(26)21-12-10(11(20)25)8-24(22-12)14(2-5-19)3-6-23(7-4-14)9-15(16,17)18;14-13(15,16)8-21-5-2-12(1-4-17,3-6-21)22-7-9(11(19)23)10(18)20-22;1-5-2(3)4/h8H,2-4,6-7,9H2,1H3,(H2,20,25)(H,21,22,26);7H,1-3,5-6,8H2,(H2,18,20)(H2,19,23);1H3. The number of carbonyl (C=O) groups excluding carboxylic acids is 4. The molecule has 4 rings (SSSR count). The van der Waals surface area contributed by atoms with E-state index >= 15 is 0 Å². The molecule has 0 bridgehead atoms. The Balaban J connectivity index is 0.000000342. The molecule has 25 heteroatoms. The average Bonchev–Trinajstić information content (AvgIpc) is 3.71. The molecule has 2 aromatic heterocycles. The lowest BCUT2D eigenvalue weighted by atomic mass is 9.85. The maximum atomic E-state index is 12.6. The summed E-state index contributed by atoms with van der Waals surface area (Å²) in [6, 6.07) is 4.06. The lowest BCUT2D eigenvalue weighted by molar-refractivity contribution is -0.151. The fraction of sp³-hybridized carbons (Fsp3) is 0.600. The quantitative estimate of drug-likeness (QED) is 0.210. The van der Waals surface area contributed by atoms with Crippen LogP contribution in [0.1, 0.15) is 59.2 Å². The molecule has 18 nitrogen and oxygen atoms in total. The largest absolute Gasteiger partial charge is 0.457 e. The monoisotopic (exact) mass is 812 g/mol. The van der Waals surface area contributed by atoms with Crippen LogP contribution in [-0.2, 0) is 20.6 Å². The minimum absolute atomic E-state index is 0.0234. The number of halogens is 7. The molecule has 0 unspecified atom stereocenters. The van der Waals surface area contributed by atoms with E-state index in [9.17, 15) is 50.8 Å².